The molecular formula is C22H20N4O3S. The first kappa shape index (κ1) is 18.6. The number of rotatable bonds is 5. The molecule has 0 fully saturated rings. The Labute approximate surface area is 176 Å². The normalized spacial score (nSPS) is 13.4. The Morgan fingerprint density at radius 3 is 2.97 bits per heavy atom. The van der Waals surface area contributed by atoms with Gasteiger partial charge in [-0.15, -0.1) is 11.3 Å². The van der Waals surface area contributed by atoms with Crippen LogP contribution in [0.5, 0.6) is 0 Å². The van der Waals surface area contributed by atoms with Gasteiger partial charge >= 0.3 is 5.76 Å². The van der Waals surface area contributed by atoms with Crippen molar-refractivity contribution in [2.24, 2.45) is 0 Å². The van der Waals surface area contributed by atoms with E-state index in [0.29, 0.717) is 16.8 Å². The first-order chi connectivity index (χ1) is 14.7. The number of thiophene rings is 1. The summed E-state index contributed by atoms with van der Waals surface area (Å²) in [6.45, 7) is 2.06. The quantitative estimate of drug-likeness (QED) is 0.533. The van der Waals surface area contributed by atoms with E-state index >= 15 is 0 Å². The standard InChI is InChI=1S/C22H20N4O3S/c27-21(8-11-26-17-3-1-2-4-18(17)29-22(26)28)24-16-5-6-20(23-13-16)25-10-7-19-15(14-25)9-12-30-19/h1-6,9,12-13H,7-8,10-11,14H2,(H,24,27). The molecule has 30 heavy (non-hydrogen) atoms. The van der Waals surface area contributed by atoms with Crippen LogP contribution in [0.2, 0.25) is 0 Å². The fourth-order valence-corrected chi connectivity index (χ4v) is 4.64. The molecule has 0 radical (unpaired) electrons. The molecule has 0 unspecified atom stereocenters. The van der Waals surface area contributed by atoms with Gasteiger partial charge in [0.05, 0.1) is 17.4 Å². The fourth-order valence-electron chi connectivity index (χ4n) is 3.75. The molecule has 0 spiro atoms. The Balaban J connectivity index is 1.20. The van der Waals surface area contributed by atoms with Gasteiger partial charge in [-0.1, -0.05) is 12.1 Å². The van der Waals surface area contributed by atoms with Crippen LogP contribution in [0.4, 0.5) is 11.5 Å². The number of para-hydroxylation sites is 2. The third-order valence-electron chi connectivity index (χ3n) is 5.30. The Hall–Kier alpha value is -3.39. The third kappa shape index (κ3) is 3.61. The molecule has 4 aromatic rings. The summed E-state index contributed by atoms with van der Waals surface area (Å²) < 4.78 is 6.68. The summed E-state index contributed by atoms with van der Waals surface area (Å²) >= 11 is 1.82. The van der Waals surface area contributed by atoms with Crippen LogP contribution in [0.1, 0.15) is 16.9 Å². The van der Waals surface area contributed by atoms with E-state index in [1.807, 2.05) is 35.6 Å². The molecule has 7 nitrogen and oxygen atoms in total. The monoisotopic (exact) mass is 420 g/mol. The van der Waals surface area contributed by atoms with Crippen LogP contribution < -0.4 is 16.0 Å². The number of hydrogen-bond donors (Lipinski definition) is 1. The Morgan fingerprint density at radius 1 is 1.20 bits per heavy atom. The predicted molar refractivity (Wildman–Crippen MR) is 117 cm³/mol. The molecule has 0 atom stereocenters. The molecule has 1 N–H and O–H groups in total. The summed E-state index contributed by atoms with van der Waals surface area (Å²) in [6.07, 6.45) is 2.88. The van der Waals surface area contributed by atoms with Gasteiger partial charge in [-0.2, -0.15) is 0 Å². The summed E-state index contributed by atoms with van der Waals surface area (Å²) in [5.41, 5.74) is 3.22. The first-order valence-corrected chi connectivity index (χ1v) is 10.7. The second kappa shape index (κ2) is 7.79. The summed E-state index contributed by atoms with van der Waals surface area (Å²) in [4.78, 5) is 32.6. The highest BCUT2D eigenvalue weighted by Gasteiger charge is 2.18. The number of pyridine rings is 1. The smallest absolute Gasteiger partial charge is 0.408 e. The van der Waals surface area contributed by atoms with E-state index in [0.717, 1.165) is 25.3 Å². The van der Waals surface area contributed by atoms with Crippen LogP contribution in [0.15, 0.2) is 63.3 Å². The highest BCUT2D eigenvalue weighted by Crippen LogP contribution is 2.27. The Morgan fingerprint density at radius 2 is 2.10 bits per heavy atom. The molecule has 152 valence electrons. The van der Waals surface area contributed by atoms with E-state index in [1.165, 1.54) is 15.0 Å². The van der Waals surface area contributed by atoms with Gasteiger partial charge in [0.2, 0.25) is 5.91 Å². The maximum Gasteiger partial charge on any atom is 0.419 e. The van der Waals surface area contributed by atoms with E-state index < -0.39 is 5.76 Å². The van der Waals surface area contributed by atoms with Crippen molar-refractivity contribution in [3.63, 3.8) is 0 Å². The molecule has 1 aliphatic heterocycles. The van der Waals surface area contributed by atoms with Crippen LogP contribution in [-0.4, -0.2) is 22.0 Å². The predicted octanol–water partition coefficient (Wildman–Crippen LogP) is 3.64. The molecule has 0 saturated heterocycles. The van der Waals surface area contributed by atoms with Crippen LogP contribution in [0.25, 0.3) is 11.1 Å². The second-order valence-electron chi connectivity index (χ2n) is 7.23. The zero-order valence-corrected chi connectivity index (χ0v) is 17.0. The van der Waals surface area contributed by atoms with Crippen molar-refractivity contribution in [1.82, 2.24) is 9.55 Å². The molecule has 5 rings (SSSR count). The van der Waals surface area contributed by atoms with E-state index in [4.69, 9.17) is 4.42 Å². The number of aromatic nitrogens is 2. The van der Waals surface area contributed by atoms with Crippen LogP contribution in [0.3, 0.4) is 0 Å². The van der Waals surface area contributed by atoms with Gasteiger partial charge < -0.3 is 14.6 Å². The number of hydrogen-bond acceptors (Lipinski definition) is 6. The lowest BCUT2D eigenvalue weighted by molar-refractivity contribution is -0.116. The van der Waals surface area contributed by atoms with E-state index in [1.54, 1.807) is 18.3 Å². The largest absolute Gasteiger partial charge is 0.419 e. The Bertz CT molecular complexity index is 1260. The summed E-state index contributed by atoms with van der Waals surface area (Å²) in [5.74, 6) is 0.272. The molecule has 1 aromatic carbocycles. The van der Waals surface area contributed by atoms with Gasteiger partial charge in [-0.05, 0) is 47.7 Å². The van der Waals surface area contributed by atoms with Crippen molar-refractivity contribution in [2.75, 3.05) is 16.8 Å². The molecule has 1 aliphatic rings. The number of amides is 1. The minimum absolute atomic E-state index is 0.165. The van der Waals surface area contributed by atoms with E-state index in [-0.39, 0.29) is 18.9 Å². The van der Waals surface area contributed by atoms with Gasteiger partial charge in [0.1, 0.15) is 5.82 Å². The second-order valence-corrected chi connectivity index (χ2v) is 8.23. The lowest BCUT2D eigenvalue weighted by atomic mass is 10.1. The lowest BCUT2D eigenvalue weighted by Gasteiger charge is -2.28. The average Bonchev–Trinajstić information content (AvgIpc) is 3.35. The molecule has 3 aromatic heterocycles. The average molecular weight is 420 g/mol. The van der Waals surface area contributed by atoms with Crippen LogP contribution >= 0.6 is 11.3 Å². The number of fused-ring (bicyclic) bond motifs is 2. The molecule has 1 amide bonds. The third-order valence-corrected chi connectivity index (χ3v) is 6.32. The summed E-state index contributed by atoms with van der Waals surface area (Å²) in [6, 6.07) is 13.2. The zero-order valence-electron chi connectivity index (χ0n) is 16.2. The topological polar surface area (TPSA) is 80.4 Å². The van der Waals surface area contributed by atoms with E-state index in [2.05, 4.69) is 26.6 Å². The molecular weight excluding hydrogens is 400 g/mol. The van der Waals surface area contributed by atoms with Gasteiger partial charge in [0.25, 0.3) is 0 Å². The lowest BCUT2D eigenvalue weighted by Crippen LogP contribution is -2.30. The van der Waals surface area contributed by atoms with Crippen molar-refractivity contribution < 1.29 is 9.21 Å². The van der Waals surface area contributed by atoms with Crippen molar-refractivity contribution in [1.29, 1.82) is 0 Å². The highest BCUT2D eigenvalue weighted by molar-refractivity contribution is 7.10. The molecule has 0 saturated carbocycles. The van der Waals surface area contributed by atoms with Crippen LogP contribution in [-0.2, 0) is 24.3 Å². The minimum atomic E-state index is -0.453. The number of carbonyl (C=O) groups excluding carboxylic acids is 1. The maximum atomic E-state index is 12.4. The number of nitrogens with one attached hydrogen (secondary N) is 1. The van der Waals surface area contributed by atoms with Gasteiger partial charge in [-0.3, -0.25) is 9.36 Å². The molecule has 4 heterocycles. The van der Waals surface area contributed by atoms with Crippen molar-refractivity contribution in [3.8, 4) is 0 Å². The van der Waals surface area contributed by atoms with Crippen LogP contribution in [0, 0.1) is 0 Å². The zero-order chi connectivity index (χ0) is 20.5. The number of nitrogens with zero attached hydrogens (tertiary/aromatic N) is 3. The fraction of sp³-hybridized carbons (Fsp3) is 0.227. The van der Waals surface area contributed by atoms with Gasteiger partial charge in [0.15, 0.2) is 5.58 Å². The summed E-state index contributed by atoms with van der Waals surface area (Å²) in [7, 11) is 0. The highest BCUT2D eigenvalue weighted by atomic mass is 32.1. The van der Waals surface area contributed by atoms with Gasteiger partial charge in [0, 0.05) is 30.9 Å². The molecule has 0 bridgehead atoms. The first-order valence-electron chi connectivity index (χ1n) is 9.82. The van der Waals surface area contributed by atoms with Crippen molar-refractivity contribution in [2.45, 2.75) is 25.9 Å². The SMILES string of the molecule is O=C(CCn1c(=O)oc2ccccc21)Nc1ccc(N2CCc3sccc3C2)nc1. The minimum Gasteiger partial charge on any atom is -0.408 e. The molecule has 0 aliphatic carbocycles. The number of anilines is 2. The molecule has 8 heteroatoms. The Kier molecular flexibility index (Phi) is 4.84. The van der Waals surface area contributed by atoms with Gasteiger partial charge in [-0.25, -0.2) is 9.78 Å². The van der Waals surface area contributed by atoms with Crippen molar-refractivity contribution >= 4 is 39.8 Å². The number of carbonyl (C=O) groups is 1. The summed E-state index contributed by atoms with van der Waals surface area (Å²) in [5, 5.41) is 4.99. The van der Waals surface area contributed by atoms with E-state index in [9.17, 15) is 9.59 Å². The van der Waals surface area contributed by atoms with Crippen molar-refractivity contribution in [3.05, 3.63) is 75.0 Å². The number of aryl methyl sites for hydroxylation is 1. The number of oxazole rings is 1. The number of benzene rings is 1. The maximum absolute atomic E-state index is 12.4.